The van der Waals surface area contributed by atoms with E-state index >= 15 is 0 Å². The van der Waals surface area contributed by atoms with Crippen molar-refractivity contribution in [1.29, 1.82) is 0 Å². The highest BCUT2D eigenvalue weighted by Crippen LogP contribution is 2.38. The lowest BCUT2D eigenvalue weighted by Crippen LogP contribution is -2.13. The lowest BCUT2D eigenvalue weighted by Gasteiger charge is -2.13. The van der Waals surface area contributed by atoms with Crippen LogP contribution in [0, 0.1) is 0 Å². The smallest absolute Gasteiger partial charge is 0.289 e. The summed E-state index contributed by atoms with van der Waals surface area (Å²) in [7, 11) is 0. The van der Waals surface area contributed by atoms with Crippen LogP contribution in [0.2, 0.25) is 0 Å². The molecule has 7 heteroatoms. The maximum Gasteiger partial charge on any atom is 0.417 e. The van der Waals surface area contributed by atoms with Gasteiger partial charge in [0.15, 0.2) is 5.78 Å². The number of benzene rings is 2. The molecule has 0 aliphatic carbocycles. The van der Waals surface area contributed by atoms with Crippen molar-refractivity contribution in [1.82, 2.24) is 0 Å². The Bertz CT molecular complexity index is 688. The lowest BCUT2D eigenvalue weighted by molar-refractivity contribution is -0.137. The van der Waals surface area contributed by atoms with E-state index in [-0.39, 0.29) is 5.56 Å². The number of rotatable bonds is 2. The first-order chi connectivity index (χ1) is 10.1. The van der Waals surface area contributed by atoms with Gasteiger partial charge in [-0.15, -0.1) is 0 Å². The van der Waals surface area contributed by atoms with E-state index in [1.54, 1.807) is 0 Å². The van der Waals surface area contributed by atoms with Crippen LogP contribution >= 0.6 is 34.8 Å². The van der Waals surface area contributed by atoms with Crippen LogP contribution in [0.1, 0.15) is 27.0 Å². The van der Waals surface area contributed by atoms with Crippen molar-refractivity contribution >= 4 is 40.6 Å². The molecule has 22 heavy (non-hydrogen) atoms. The topological polar surface area (TPSA) is 17.1 Å². The molecule has 1 nitrogen and oxygen atoms in total. The summed E-state index contributed by atoms with van der Waals surface area (Å²) in [4.78, 5) is 12.3. The normalized spacial score (nSPS) is 12.3. The molecule has 0 atom stereocenters. The number of hydrogen-bond donors (Lipinski definition) is 0. The van der Waals surface area contributed by atoms with Crippen molar-refractivity contribution in [2.75, 3.05) is 0 Å². The van der Waals surface area contributed by atoms with Gasteiger partial charge in [0.1, 0.15) is 0 Å². The largest absolute Gasteiger partial charge is 0.417 e. The van der Waals surface area contributed by atoms with Crippen LogP contribution in [0.5, 0.6) is 0 Å². The molecule has 0 aliphatic heterocycles. The molecule has 0 fully saturated rings. The lowest BCUT2D eigenvalue weighted by atomic mass is 9.97. The molecule has 0 radical (unpaired) electrons. The summed E-state index contributed by atoms with van der Waals surface area (Å²) >= 11 is 17.1. The SMILES string of the molecule is O=C(c1ccc(C(Cl)(Cl)Cl)cc1)c1ccccc1C(F)(F)F. The Balaban J connectivity index is 2.42. The third-order valence-corrected chi connectivity index (χ3v) is 3.61. The average Bonchev–Trinajstić information content (AvgIpc) is 2.45. The molecule has 2 aromatic rings. The fourth-order valence-corrected chi connectivity index (χ4v) is 2.27. The molecule has 0 unspecified atom stereocenters. The van der Waals surface area contributed by atoms with Gasteiger partial charge >= 0.3 is 6.18 Å². The third kappa shape index (κ3) is 3.75. The fraction of sp³-hybridized carbons (Fsp3) is 0.133. The second-order valence-electron chi connectivity index (χ2n) is 4.45. The number of carbonyl (C=O) groups is 1. The van der Waals surface area contributed by atoms with Gasteiger partial charge in [0.05, 0.1) is 5.56 Å². The maximum absolute atomic E-state index is 12.9. The van der Waals surface area contributed by atoms with Gasteiger partial charge in [-0.1, -0.05) is 77.3 Å². The minimum Gasteiger partial charge on any atom is -0.289 e. The number of halogens is 6. The van der Waals surface area contributed by atoms with Crippen molar-refractivity contribution in [2.45, 2.75) is 9.97 Å². The molecule has 116 valence electrons. The van der Waals surface area contributed by atoms with Gasteiger partial charge in [0, 0.05) is 16.7 Å². The summed E-state index contributed by atoms with van der Waals surface area (Å²) in [6.07, 6.45) is -4.61. The van der Waals surface area contributed by atoms with Gasteiger partial charge in [-0.2, -0.15) is 13.2 Å². The first kappa shape index (κ1) is 17.1. The van der Waals surface area contributed by atoms with E-state index in [1.807, 2.05) is 0 Å². The van der Waals surface area contributed by atoms with Gasteiger partial charge in [0.2, 0.25) is 3.79 Å². The molecular formula is C15H8Cl3F3O. The van der Waals surface area contributed by atoms with Crippen LogP contribution in [0.4, 0.5) is 13.2 Å². The highest BCUT2D eigenvalue weighted by atomic mass is 35.6. The summed E-state index contributed by atoms with van der Waals surface area (Å²) in [5.74, 6) is -0.746. The van der Waals surface area contributed by atoms with E-state index in [0.29, 0.717) is 5.56 Å². The average molecular weight is 368 g/mol. The number of hydrogen-bond acceptors (Lipinski definition) is 1. The van der Waals surface area contributed by atoms with Gasteiger partial charge < -0.3 is 0 Å². The molecule has 0 N–H and O–H groups in total. The van der Waals surface area contributed by atoms with Gasteiger partial charge in [-0.3, -0.25) is 4.79 Å². The predicted octanol–water partition coefficient (Wildman–Crippen LogP) is 5.76. The monoisotopic (exact) mass is 366 g/mol. The molecule has 2 aromatic carbocycles. The molecular weight excluding hydrogens is 360 g/mol. The Kier molecular flexibility index (Phi) is 4.76. The van der Waals surface area contributed by atoms with E-state index in [9.17, 15) is 18.0 Å². The highest BCUT2D eigenvalue weighted by molar-refractivity contribution is 6.66. The van der Waals surface area contributed by atoms with E-state index < -0.39 is 26.9 Å². The Labute approximate surface area is 139 Å². The van der Waals surface area contributed by atoms with Crippen LogP contribution in [0.25, 0.3) is 0 Å². The zero-order valence-electron chi connectivity index (χ0n) is 10.8. The zero-order valence-corrected chi connectivity index (χ0v) is 13.1. The number of ketones is 1. The van der Waals surface area contributed by atoms with Crippen molar-refractivity contribution in [3.63, 3.8) is 0 Å². The van der Waals surface area contributed by atoms with Crippen molar-refractivity contribution in [2.24, 2.45) is 0 Å². The van der Waals surface area contributed by atoms with Crippen LogP contribution in [-0.4, -0.2) is 5.78 Å². The summed E-state index contributed by atoms with van der Waals surface area (Å²) in [5.41, 5.74) is -1.00. The highest BCUT2D eigenvalue weighted by Gasteiger charge is 2.35. The molecule has 0 saturated carbocycles. The quantitative estimate of drug-likeness (QED) is 0.487. The Morgan fingerprint density at radius 3 is 1.91 bits per heavy atom. The Morgan fingerprint density at radius 2 is 1.41 bits per heavy atom. The molecule has 0 aromatic heterocycles. The Hall–Kier alpha value is -1.23. The first-order valence-electron chi connectivity index (χ1n) is 5.99. The van der Waals surface area contributed by atoms with Crippen molar-refractivity contribution in [3.05, 3.63) is 70.8 Å². The minimum absolute atomic E-state index is 0.0784. The summed E-state index contributed by atoms with van der Waals surface area (Å²) in [6.45, 7) is 0. The maximum atomic E-state index is 12.9. The van der Waals surface area contributed by atoms with Crippen LogP contribution in [-0.2, 0) is 9.97 Å². The van der Waals surface area contributed by atoms with E-state index in [4.69, 9.17) is 34.8 Å². The number of carbonyl (C=O) groups excluding carboxylic acids is 1. The van der Waals surface area contributed by atoms with Crippen molar-refractivity contribution < 1.29 is 18.0 Å². The van der Waals surface area contributed by atoms with E-state index in [1.165, 1.54) is 36.4 Å². The molecule has 0 heterocycles. The molecule has 0 aliphatic rings. The third-order valence-electron chi connectivity index (χ3n) is 2.95. The summed E-state index contributed by atoms with van der Waals surface area (Å²) in [5, 5.41) is 0. The van der Waals surface area contributed by atoms with E-state index in [2.05, 4.69) is 0 Å². The molecule has 0 saturated heterocycles. The van der Waals surface area contributed by atoms with Crippen molar-refractivity contribution in [3.8, 4) is 0 Å². The zero-order chi connectivity index (χ0) is 16.5. The molecule has 2 rings (SSSR count). The van der Waals surface area contributed by atoms with Crippen LogP contribution in [0.15, 0.2) is 48.5 Å². The second kappa shape index (κ2) is 6.11. The fourth-order valence-electron chi connectivity index (χ4n) is 1.89. The standard InChI is InChI=1S/C15H8Cl3F3O/c16-14(17,18)10-7-5-9(6-8-10)13(22)11-3-1-2-4-12(11)15(19,20)21/h1-8H. The number of alkyl halides is 6. The van der Waals surface area contributed by atoms with Crippen LogP contribution in [0.3, 0.4) is 0 Å². The van der Waals surface area contributed by atoms with Crippen LogP contribution < -0.4 is 0 Å². The van der Waals surface area contributed by atoms with Gasteiger partial charge in [-0.05, 0) is 6.07 Å². The molecule has 0 amide bonds. The van der Waals surface area contributed by atoms with Gasteiger partial charge in [0.25, 0.3) is 0 Å². The van der Waals surface area contributed by atoms with E-state index in [0.717, 1.165) is 12.1 Å². The molecule has 0 bridgehead atoms. The summed E-state index contributed by atoms with van der Waals surface area (Å²) in [6, 6.07) is 10.0. The Morgan fingerprint density at radius 1 is 0.864 bits per heavy atom. The minimum atomic E-state index is -4.61. The summed E-state index contributed by atoms with van der Waals surface area (Å²) < 4.78 is 37.2. The first-order valence-corrected chi connectivity index (χ1v) is 7.12. The second-order valence-corrected chi connectivity index (χ2v) is 6.73. The predicted molar refractivity (Wildman–Crippen MR) is 80.6 cm³/mol. The van der Waals surface area contributed by atoms with Gasteiger partial charge in [-0.25, -0.2) is 0 Å². The molecule has 0 spiro atoms.